The van der Waals surface area contributed by atoms with E-state index in [1.807, 2.05) is 17.0 Å². The second-order valence-electron chi connectivity index (χ2n) is 7.53. The second kappa shape index (κ2) is 5.92. The van der Waals surface area contributed by atoms with Crippen LogP contribution >= 0.6 is 0 Å². The molecule has 5 heteroatoms. The molecule has 1 N–H and O–H groups in total. The minimum absolute atomic E-state index is 0.210. The number of anilines is 1. The molecular formula is C22H23N3O2. The first-order valence-corrected chi connectivity index (χ1v) is 9.58. The number of aromatic amines is 1. The predicted molar refractivity (Wildman–Crippen MR) is 105 cm³/mol. The average Bonchev–Trinajstić information content (AvgIpc) is 3.26. The van der Waals surface area contributed by atoms with Crippen molar-refractivity contribution in [3.63, 3.8) is 0 Å². The maximum absolute atomic E-state index is 13.4. The van der Waals surface area contributed by atoms with Crippen LogP contribution in [0, 0.1) is 0 Å². The van der Waals surface area contributed by atoms with Crippen LogP contribution in [0.25, 0.3) is 10.9 Å². The lowest BCUT2D eigenvalue weighted by atomic mass is 9.92. The molecule has 1 amide bonds. The van der Waals surface area contributed by atoms with Crippen LogP contribution in [0.4, 0.5) is 5.69 Å². The Labute approximate surface area is 158 Å². The van der Waals surface area contributed by atoms with Crippen molar-refractivity contribution in [2.75, 3.05) is 25.2 Å². The Morgan fingerprint density at radius 2 is 2.15 bits per heavy atom. The number of hydrogen-bond acceptors (Lipinski definition) is 3. The molecular weight excluding hydrogens is 338 g/mol. The quantitative estimate of drug-likeness (QED) is 0.756. The van der Waals surface area contributed by atoms with Gasteiger partial charge in [0, 0.05) is 36.3 Å². The van der Waals surface area contributed by atoms with Crippen LogP contribution in [-0.4, -0.2) is 36.4 Å². The molecule has 2 aliphatic rings. The molecule has 3 aromatic rings. The zero-order chi connectivity index (χ0) is 18.6. The van der Waals surface area contributed by atoms with Crippen molar-refractivity contribution in [2.24, 2.45) is 0 Å². The normalized spacial score (nSPS) is 23.4. The summed E-state index contributed by atoms with van der Waals surface area (Å²) >= 11 is 0. The first-order chi connectivity index (χ1) is 13.2. The molecule has 27 heavy (non-hydrogen) atoms. The third kappa shape index (κ3) is 2.21. The maximum atomic E-state index is 13.4. The van der Waals surface area contributed by atoms with Gasteiger partial charge in [0.05, 0.1) is 17.5 Å². The molecule has 0 saturated heterocycles. The zero-order valence-corrected chi connectivity index (χ0v) is 15.7. The summed E-state index contributed by atoms with van der Waals surface area (Å²) in [5, 5.41) is 8.76. The number of fused-ring (bicyclic) bond motifs is 3. The van der Waals surface area contributed by atoms with Crippen molar-refractivity contribution in [1.29, 1.82) is 0 Å². The number of ether oxygens (including phenoxy) is 1. The van der Waals surface area contributed by atoms with Crippen molar-refractivity contribution < 1.29 is 9.53 Å². The van der Waals surface area contributed by atoms with Gasteiger partial charge in [0.15, 0.2) is 0 Å². The van der Waals surface area contributed by atoms with Gasteiger partial charge < -0.3 is 9.64 Å². The molecule has 1 fully saturated rings. The summed E-state index contributed by atoms with van der Waals surface area (Å²) in [6, 6.07) is 14.7. The lowest BCUT2D eigenvalue weighted by Crippen LogP contribution is -2.35. The summed E-state index contributed by atoms with van der Waals surface area (Å²) in [7, 11) is 1.67. The Bertz CT molecular complexity index is 1040. The summed E-state index contributed by atoms with van der Waals surface area (Å²) in [4.78, 5) is 15.3. The number of rotatable bonds is 5. The highest BCUT2D eigenvalue weighted by Crippen LogP contribution is 2.66. The van der Waals surface area contributed by atoms with Crippen LogP contribution in [0.3, 0.4) is 0 Å². The number of benzene rings is 2. The number of carbonyl (C=O) groups excluding carboxylic acids is 1. The minimum Gasteiger partial charge on any atom is -0.383 e. The molecule has 1 aromatic heterocycles. The SMILES string of the molecule is CCc1[nH]nc2cc(C3CC34C(=O)N(CCOC)c3ccccc34)ccc12. The lowest BCUT2D eigenvalue weighted by Gasteiger charge is -2.17. The van der Waals surface area contributed by atoms with Crippen molar-refractivity contribution in [2.45, 2.75) is 31.1 Å². The number of nitrogens with one attached hydrogen (secondary N) is 1. The van der Waals surface area contributed by atoms with Crippen LogP contribution in [0.2, 0.25) is 0 Å². The van der Waals surface area contributed by atoms with E-state index < -0.39 is 5.41 Å². The van der Waals surface area contributed by atoms with E-state index in [4.69, 9.17) is 4.74 Å². The molecule has 138 valence electrons. The summed E-state index contributed by atoms with van der Waals surface area (Å²) in [6.45, 7) is 3.26. The van der Waals surface area contributed by atoms with E-state index in [2.05, 4.69) is 47.5 Å². The van der Waals surface area contributed by atoms with E-state index in [-0.39, 0.29) is 11.8 Å². The molecule has 5 rings (SSSR count). The fourth-order valence-electron chi connectivity index (χ4n) is 4.73. The monoisotopic (exact) mass is 361 g/mol. The van der Waals surface area contributed by atoms with E-state index in [0.29, 0.717) is 13.2 Å². The molecule has 1 aliphatic carbocycles. The van der Waals surface area contributed by atoms with E-state index in [1.54, 1.807) is 7.11 Å². The van der Waals surface area contributed by atoms with E-state index >= 15 is 0 Å². The van der Waals surface area contributed by atoms with Crippen molar-refractivity contribution in [3.05, 3.63) is 59.3 Å². The molecule has 0 radical (unpaired) electrons. The smallest absolute Gasteiger partial charge is 0.238 e. The third-order valence-electron chi connectivity index (χ3n) is 6.20. The number of carbonyl (C=O) groups is 1. The van der Waals surface area contributed by atoms with Gasteiger partial charge in [0.25, 0.3) is 0 Å². The van der Waals surface area contributed by atoms with Crippen LogP contribution in [0.5, 0.6) is 0 Å². The Kier molecular flexibility index (Phi) is 3.62. The first kappa shape index (κ1) is 16.5. The largest absolute Gasteiger partial charge is 0.383 e. The fourth-order valence-corrected chi connectivity index (χ4v) is 4.73. The zero-order valence-electron chi connectivity index (χ0n) is 15.7. The molecule has 2 aromatic carbocycles. The predicted octanol–water partition coefficient (Wildman–Crippen LogP) is 3.54. The van der Waals surface area contributed by atoms with Gasteiger partial charge in [-0.05, 0) is 36.1 Å². The summed E-state index contributed by atoms with van der Waals surface area (Å²) in [5.74, 6) is 0.423. The number of nitrogens with zero attached hydrogens (tertiary/aromatic N) is 2. The van der Waals surface area contributed by atoms with Crippen molar-refractivity contribution in [1.82, 2.24) is 10.2 Å². The molecule has 1 aliphatic heterocycles. The van der Waals surface area contributed by atoms with E-state index in [1.165, 1.54) is 10.9 Å². The standard InChI is InChI=1S/C22H23N3O2/c1-3-18-15-9-8-14(12-19(15)24-23-18)17-13-22(17)16-6-4-5-7-20(16)25(21(22)26)10-11-27-2/h4-9,12,17H,3,10-11,13H2,1-2H3,(H,23,24). The van der Waals surface area contributed by atoms with E-state index in [9.17, 15) is 4.79 Å². The lowest BCUT2D eigenvalue weighted by molar-refractivity contribution is -0.120. The Balaban J connectivity index is 1.54. The highest BCUT2D eigenvalue weighted by Gasteiger charge is 2.67. The Morgan fingerprint density at radius 1 is 1.30 bits per heavy atom. The summed E-state index contributed by atoms with van der Waals surface area (Å²) < 4.78 is 5.22. The summed E-state index contributed by atoms with van der Waals surface area (Å²) in [6.07, 6.45) is 1.80. The number of aromatic nitrogens is 2. The van der Waals surface area contributed by atoms with Crippen molar-refractivity contribution in [3.8, 4) is 0 Å². The number of H-pyrrole nitrogens is 1. The van der Waals surface area contributed by atoms with Gasteiger partial charge in [-0.25, -0.2) is 0 Å². The van der Waals surface area contributed by atoms with Gasteiger partial charge in [-0.3, -0.25) is 9.89 Å². The van der Waals surface area contributed by atoms with E-state index in [0.717, 1.165) is 35.3 Å². The molecule has 2 unspecified atom stereocenters. The number of aryl methyl sites for hydroxylation is 1. The molecule has 1 spiro atoms. The van der Waals surface area contributed by atoms with Crippen LogP contribution < -0.4 is 4.90 Å². The van der Waals surface area contributed by atoms with Gasteiger partial charge in [0.1, 0.15) is 0 Å². The molecule has 5 nitrogen and oxygen atoms in total. The molecule has 1 saturated carbocycles. The second-order valence-corrected chi connectivity index (χ2v) is 7.53. The Hall–Kier alpha value is -2.66. The fraction of sp³-hybridized carbons (Fsp3) is 0.364. The average molecular weight is 361 g/mol. The first-order valence-electron chi connectivity index (χ1n) is 9.58. The topological polar surface area (TPSA) is 58.2 Å². The van der Waals surface area contributed by atoms with Crippen LogP contribution in [0.1, 0.15) is 36.1 Å². The van der Waals surface area contributed by atoms with Gasteiger partial charge in [-0.1, -0.05) is 37.3 Å². The maximum Gasteiger partial charge on any atom is 0.238 e. The summed E-state index contributed by atoms with van der Waals surface area (Å²) in [5.41, 5.74) is 5.13. The van der Waals surface area contributed by atoms with Gasteiger partial charge >= 0.3 is 0 Å². The highest BCUT2D eigenvalue weighted by atomic mass is 16.5. The molecule has 0 bridgehead atoms. The van der Waals surface area contributed by atoms with Crippen LogP contribution in [-0.2, 0) is 21.4 Å². The number of methoxy groups -OCH3 is 1. The van der Waals surface area contributed by atoms with Crippen molar-refractivity contribution >= 4 is 22.5 Å². The number of hydrogen-bond donors (Lipinski definition) is 1. The van der Waals surface area contributed by atoms with Gasteiger partial charge in [-0.15, -0.1) is 0 Å². The van der Waals surface area contributed by atoms with Gasteiger partial charge in [-0.2, -0.15) is 5.10 Å². The molecule has 2 heterocycles. The van der Waals surface area contributed by atoms with Gasteiger partial charge in [0.2, 0.25) is 5.91 Å². The number of amides is 1. The number of para-hydroxylation sites is 1. The third-order valence-corrected chi connectivity index (χ3v) is 6.20. The molecule has 2 atom stereocenters. The Morgan fingerprint density at radius 3 is 2.96 bits per heavy atom. The minimum atomic E-state index is -0.415. The van der Waals surface area contributed by atoms with Crippen LogP contribution in [0.15, 0.2) is 42.5 Å². The highest BCUT2D eigenvalue weighted by molar-refractivity contribution is 6.11.